The third kappa shape index (κ3) is 1.88. The predicted molar refractivity (Wildman–Crippen MR) is 44.5 cm³/mol. The lowest BCUT2D eigenvalue weighted by atomic mass is 10.2. The standard InChI is InChI=1S/C8H9NO3/c1-5-4-6(10)2-3-7(5)9-8(11)12/h2-4,9-10H,1H3,(H,11,12). The van der Waals surface area contributed by atoms with Gasteiger partial charge in [-0.25, -0.2) is 4.79 Å². The molecule has 1 aromatic carbocycles. The summed E-state index contributed by atoms with van der Waals surface area (Å²) in [5, 5.41) is 19.6. The second-order valence-corrected chi connectivity index (χ2v) is 2.43. The van der Waals surface area contributed by atoms with Crippen LogP contribution in [0.3, 0.4) is 0 Å². The van der Waals surface area contributed by atoms with Gasteiger partial charge in [0, 0.05) is 5.69 Å². The van der Waals surface area contributed by atoms with Crippen LogP contribution in [0.5, 0.6) is 5.75 Å². The first-order valence-corrected chi connectivity index (χ1v) is 3.39. The monoisotopic (exact) mass is 167 g/mol. The molecule has 0 fully saturated rings. The zero-order valence-electron chi connectivity index (χ0n) is 6.53. The van der Waals surface area contributed by atoms with Crippen molar-refractivity contribution in [2.24, 2.45) is 0 Å². The zero-order valence-corrected chi connectivity index (χ0v) is 6.53. The Kier molecular flexibility index (Phi) is 2.19. The van der Waals surface area contributed by atoms with Gasteiger partial charge in [0.2, 0.25) is 0 Å². The highest BCUT2D eigenvalue weighted by molar-refractivity contribution is 5.84. The average molecular weight is 167 g/mol. The Morgan fingerprint density at radius 3 is 2.67 bits per heavy atom. The van der Waals surface area contributed by atoms with Crippen LogP contribution in [-0.2, 0) is 0 Å². The second kappa shape index (κ2) is 3.13. The van der Waals surface area contributed by atoms with Crippen LogP contribution in [-0.4, -0.2) is 16.3 Å². The van der Waals surface area contributed by atoms with Crippen LogP contribution in [0.15, 0.2) is 18.2 Å². The van der Waals surface area contributed by atoms with Gasteiger partial charge in [-0.15, -0.1) is 0 Å². The Morgan fingerprint density at radius 1 is 1.50 bits per heavy atom. The maximum atomic E-state index is 10.2. The van der Waals surface area contributed by atoms with E-state index < -0.39 is 6.09 Å². The van der Waals surface area contributed by atoms with Gasteiger partial charge in [0.1, 0.15) is 5.75 Å². The molecule has 4 heteroatoms. The molecule has 0 aliphatic carbocycles. The van der Waals surface area contributed by atoms with Gasteiger partial charge in [-0.05, 0) is 30.7 Å². The van der Waals surface area contributed by atoms with Crippen molar-refractivity contribution in [2.75, 3.05) is 5.32 Å². The number of phenolic OH excluding ortho intramolecular Hbond substituents is 1. The number of aromatic hydroxyl groups is 1. The molecule has 0 radical (unpaired) electrons. The molecule has 0 unspecified atom stereocenters. The van der Waals surface area contributed by atoms with Crippen molar-refractivity contribution in [2.45, 2.75) is 6.92 Å². The zero-order chi connectivity index (χ0) is 9.14. The number of carbonyl (C=O) groups is 1. The molecule has 4 nitrogen and oxygen atoms in total. The summed E-state index contributed by atoms with van der Waals surface area (Å²) in [6.45, 7) is 1.71. The number of phenols is 1. The number of hydrogen-bond donors (Lipinski definition) is 3. The number of nitrogens with one attached hydrogen (secondary N) is 1. The summed E-state index contributed by atoms with van der Waals surface area (Å²) in [5.74, 6) is 0.128. The highest BCUT2D eigenvalue weighted by Gasteiger charge is 2.01. The molecule has 64 valence electrons. The van der Waals surface area contributed by atoms with Crippen LogP contribution in [0.2, 0.25) is 0 Å². The predicted octanol–water partition coefficient (Wildman–Crippen LogP) is 1.79. The fourth-order valence-corrected chi connectivity index (χ4v) is 0.903. The molecular weight excluding hydrogens is 158 g/mol. The average Bonchev–Trinajstić information content (AvgIpc) is 1.94. The summed E-state index contributed by atoms with van der Waals surface area (Å²) < 4.78 is 0. The lowest BCUT2D eigenvalue weighted by molar-refractivity contribution is 0.209. The van der Waals surface area contributed by atoms with Crippen molar-refractivity contribution in [3.05, 3.63) is 23.8 Å². The molecule has 0 aromatic heterocycles. The van der Waals surface area contributed by atoms with Crippen LogP contribution in [0.25, 0.3) is 0 Å². The summed E-state index contributed by atoms with van der Waals surface area (Å²) in [7, 11) is 0. The SMILES string of the molecule is Cc1cc(O)ccc1NC(=O)O. The Labute approximate surface area is 69.5 Å². The summed E-state index contributed by atoms with van der Waals surface area (Å²) in [4.78, 5) is 10.2. The molecule has 1 aromatic rings. The van der Waals surface area contributed by atoms with E-state index >= 15 is 0 Å². The van der Waals surface area contributed by atoms with Crippen LogP contribution in [0, 0.1) is 6.92 Å². The molecule has 0 spiro atoms. The Balaban J connectivity index is 2.93. The fraction of sp³-hybridized carbons (Fsp3) is 0.125. The van der Waals surface area contributed by atoms with Crippen molar-refractivity contribution in [1.82, 2.24) is 0 Å². The third-order valence-electron chi connectivity index (χ3n) is 1.45. The maximum absolute atomic E-state index is 10.2. The van der Waals surface area contributed by atoms with Gasteiger partial charge in [-0.1, -0.05) is 0 Å². The van der Waals surface area contributed by atoms with Crippen LogP contribution in [0.1, 0.15) is 5.56 Å². The van der Waals surface area contributed by atoms with E-state index in [1.54, 1.807) is 6.92 Å². The van der Waals surface area contributed by atoms with Crippen LogP contribution >= 0.6 is 0 Å². The van der Waals surface area contributed by atoms with Crippen molar-refractivity contribution in [1.29, 1.82) is 0 Å². The van der Waals surface area contributed by atoms with Crippen LogP contribution < -0.4 is 5.32 Å². The number of aryl methyl sites for hydroxylation is 1. The lowest BCUT2D eigenvalue weighted by Crippen LogP contribution is -2.08. The smallest absolute Gasteiger partial charge is 0.409 e. The molecular formula is C8H9NO3. The van der Waals surface area contributed by atoms with Gasteiger partial charge in [-0.2, -0.15) is 0 Å². The van der Waals surface area contributed by atoms with E-state index in [4.69, 9.17) is 10.2 Å². The molecule has 1 rings (SSSR count). The van der Waals surface area contributed by atoms with E-state index in [0.717, 1.165) is 0 Å². The largest absolute Gasteiger partial charge is 0.508 e. The van der Waals surface area contributed by atoms with E-state index in [9.17, 15) is 4.79 Å². The van der Waals surface area contributed by atoms with E-state index in [0.29, 0.717) is 11.3 Å². The minimum absolute atomic E-state index is 0.128. The first kappa shape index (κ1) is 8.39. The topological polar surface area (TPSA) is 69.6 Å². The molecule has 1 amide bonds. The first-order chi connectivity index (χ1) is 5.59. The summed E-state index contributed by atoms with van der Waals surface area (Å²) in [5.41, 5.74) is 1.18. The summed E-state index contributed by atoms with van der Waals surface area (Å²) >= 11 is 0. The van der Waals surface area contributed by atoms with E-state index in [1.807, 2.05) is 0 Å². The van der Waals surface area contributed by atoms with E-state index in [2.05, 4.69) is 5.32 Å². The van der Waals surface area contributed by atoms with Crippen molar-refractivity contribution < 1.29 is 15.0 Å². The van der Waals surface area contributed by atoms with Gasteiger partial charge in [0.15, 0.2) is 0 Å². The number of benzene rings is 1. The highest BCUT2D eigenvalue weighted by atomic mass is 16.4. The van der Waals surface area contributed by atoms with Gasteiger partial charge in [0.05, 0.1) is 0 Å². The lowest BCUT2D eigenvalue weighted by Gasteiger charge is -2.04. The van der Waals surface area contributed by atoms with Crippen molar-refractivity contribution in [3.8, 4) is 5.75 Å². The molecule has 0 aliphatic heterocycles. The molecule has 0 bridgehead atoms. The quantitative estimate of drug-likeness (QED) is 0.558. The van der Waals surface area contributed by atoms with Gasteiger partial charge in [-0.3, -0.25) is 5.32 Å². The number of rotatable bonds is 1. The summed E-state index contributed by atoms with van der Waals surface area (Å²) in [6, 6.07) is 4.43. The number of carboxylic acid groups (broad SMARTS) is 1. The second-order valence-electron chi connectivity index (χ2n) is 2.43. The van der Waals surface area contributed by atoms with Gasteiger partial charge in [0.25, 0.3) is 0 Å². The Bertz CT molecular complexity index is 309. The minimum atomic E-state index is -1.11. The molecule has 0 heterocycles. The third-order valence-corrected chi connectivity index (χ3v) is 1.45. The molecule has 0 atom stereocenters. The van der Waals surface area contributed by atoms with Crippen molar-refractivity contribution >= 4 is 11.8 Å². The molecule has 0 aliphatic rings. The molecule has 3 N–H and O–H groups in total. The molecule has 0 saturated carbocycles. The van der Waals surface area contributed by atoms with Crippen molar-refractivity contribution in [3.63, 3.8) is 0 Å². The van der Waals surface area contributed by atoms with Gasteiger partial charge < -0.3 is 10.2 Å². The maximum Gasteiger partial charge on any atom is 0.409 e. The summed E-state index contributed by atoms with van der Waals surface area (Å²) in [6.07, 6.45) is -1.11. The highest BCUT2D eigenvalue weighted by Crippen LogP contribution is 2.19. The van der Waals surface area contributed by atoms with E-state index in [-0.39, 0.29) is 5.75 Å². The fourth-order valence-electron chi connectivity index (χ4n) is 0.903. The normalized spacial score (nSPS) is 9.42. The Hall–Kier alpha value is -1.71. The first-order valence-electron chi connectivity index (χ1n) is 3.39. The minimum Gasteiger partial charge on any atom is -0.508 e. The van der Waals surface area contributed by atoms with Crippen LogP contribution in [0.4, 0.5) is 10.5 Å². The van der Waals surface area contributed by atoms with Gasteiger partial charge >= 0.3 is 6.09 Å². The number of hydrogen-bond acceptors (Lipinski definition) is 2. The number of anilines is 1. The molecule has 12 heavy (non-hydrogen) atoms. The molecule has 0 saturated heterocycles. The number of amides is 1. The van der Waals surface area contributed by atoms with E-state index in [1.165, 1.54) is 18.2 Å². The Morgan fingerprint density at radius 2 is 2.17 bits per heavy atom.